The lowest BCUT2D eigenvalue weighted by Gasteiger charge is -2.47. The molecule has 1 atom stereocenters. The molecule has 3 rings (SSSR count). The van der Waals surface area contributed by atoms with Crippen molar-refractivity contribution in [2.75, 3.05) is 0 Å². The molecule has 1 aromatic rings. The zero-order valence-corrected chi connectivity index (χ0v) is 13.0. The maximum atomic E-state index is 13.1. The Labute approximate surface area is 129 Å². The van der Waals surface area contributed by atoms with Gasteiger partial charge in [0.1, 0.15) is 17.3 Å². The fourth-order valence-electron chi connectivity index (χ4n) is 3.90. The van der Waals surface area contributed by atoms with Crippen molar-refractivity contribution >= 4 is 11.8 Å². The second-order valence-electron chi connectivity index (χ2n) is 7.03. The number of rotatable bonds is 1. The van der Waals surface area contributed by atoms with E-state index in [-0.39, 0.29) is 11.6 Å². The zero-order valence-electron chi connectivity index (χ0n) is 13.0. The molecule has 0 amide bonds. The van der Waals surface area contributed by atoms with E-state index in [0.717, 1.165) is 19.3 Å². The highest BCUT2D eigenvalue weighted by molar-refractivity contribution is 6.08. The first kappa shape index (κ1) is 15.2. The van der Waals surface area contributed by atoms with Crippen molar-refractivity contribution in [2.24, 2.45) is 10.8 Å². The predicted molar refractivity (Wildman–Crippen MR) is 79.5 cm³/mol. The van der Waals surface area contributed by atoms with Crippen LogP contribution >= 0.6 is 0 Å². The first-order chi connectivity index (χ1) is 10.4. The van der Waals surface area contributed by atoms with Crippen LogP contribution in [0.4, 0.5) is 4.39 Å². The Hall–Kier alpha value is -1.71. The minimum absolute atomic E-state index is 0.0229. The average molecular weight is 304 g/mol. The summed E-state index contributed by atoms with van der Waals surface area (Å²) in [5.41, 5.74) is -1.10. The van der Waals surface area contributed by atoms with E-state index in [1.807, 2.05) is 13.8 Å². The monoisotopic (exact) mass is 304 g/mol. The van der Waals surface area contributed by atoms with Crippen LogP contribution in [-0.4, -0.2) is 11.8 Å². The van der Waals surface area contributed by atoms with Gasteiger partial charge in [0.15, 0.2) is 5.78 Å². The summed E-state index contributed by atoms with van der Waals surface area (Å²) in [6.45, 7) is 3.65. The van der Waals surface area contributed by atoms with Gasteiger partial charge >= 0.3 is 5.97 Å². The van der Waals surface area contributed by atoms with Gasteiger partial charge in [0.25, 0.3) is 0 Å². The molecule has 2 fully saturated rings. The maximum Gasteiger partial charge on any atom is 0.320 e. The highest BCUT2D eigenvalue weighted by Crippen LogP contribution is 2.52. The molecule has 4 heteroatoms. The largest absolute Gasteiger partial charge is 0.456 e. The summed E-state index contributed by atoms with van der Waals surface area (Å²) in [5, 5.41) is 0. The fourth-order valence-corrected chi connectivity index (χ4v) is 3.90. The Kier molecular flexibility index (Phi) is 3.58. The van der Waals surface area contributed by atoms with Crippen molar-refractivity contribution in [3.63, 3.8) is 0 Å². The van der Waals surface area contributed by atoms with Crippen LogP contribution in [0.5, 0.6) is 0 Å². The maximum absolute atomic E-state index is 13.1. The highest BCUT2D eigenvalue weighted by Gasteiger charge is 2.60. The number of halogens is 1. The number of ether oxygens (including phenoxy) is 1. The average Bonchev–Trinajstić information content (AvgIpc) is 2.52. The van der Waals surface area contributed by atoms with Crippen molar-refractivity contribution in [1.82, 2.24) is 0 Å². The quantitative estimate of drug-likeness (QED) is 0.582. The molecule has 0 aromatic heterocycles. The lowest BCUT2D eigenvalue weighted by atomic mass is 9.60. The first-order valence-electron chi connectivity index (χ1n) is 7.89. The third kappa shape index (κ3) is 2.16. The molecule has 0 radical (unpaired) electrons. The number of carbonyl (C=O) groups excluding carboxylic acids is 2. The minimum Gasteiger partial charge on any atom is -0.456 e. The van der Waals surface area contributed by atoms with Crippen LogP contribution in [0.25, 0.3) is 0 Å². The van der Waals surface area contributed by atoms with Crippen molar-refractivity contribution < 1.29 is 18.7 Å². The number of cyclic esters (lactones) is 1. The second kappa shape index (κ2) is 5.18. The summed E-state index contributed by atoms with van der Waals surface area (Å²) in [7, 11) is 0. The van der Waals surface area contributed by atoms with Gasteiger partial charge in [-0.05, 0) is 44.4 Å². The van der Waals surface area contributed by atoms with E-state index < -0.39 is 22.9 Å². The molecule has 0 bridgehead atoms. The Morgan fingerprint density at radius 1 is 1.05 bits per heavy atom. The molecular weight excluding hydrogens is 283 g/mol. The van der Waals surface area contributed by atoms with Gasteiger partial charge in [-0.1, -0.05) is 31.4 Å². The number of benzene rings is 1. The van der Waals surface area contributed by atoms with Crippen LogP contribution in [0.2, 0.25) is 0 Å². The molecule has 1 saturated heterocycles. The molecular formula is C18H21FO3. The van der Waals surface area contributed by atoms with Crippen LogP contribution < -0.4 is 0 Å². The number of ketones is 1. The molecule has 2 aliphatic rings. The number of carbonyl (C=O) groups is 2. The predicted octanol–water partition coefficient (Wildman–Crippen LogP) is 3.97. The molecule has 22 heavy (non-hydrogen) atoms. The summed E-state index contributed by atoms with van der Waals surface area (Å²) >= 11 is 0. The third-order valence-corrected chi connectivity index (χ3v) is 5.17. The smallest absolute Gasteiger partial charge is 0.320 e. The van der Waals surface area contributed by atoms with Crippen molar-refractivity contribution in [2.45, 2.75) is 52.1 Å². The van der Waals surface area contributed by atoms with E-state index in [0.29, 0.717) is 18.4 Å². The van der Waals surface area contributed by atoms with Crippen LogP contribution in [0.3, 0.4) is 0 Å². The van der Waals surface area contributed by atoms with Crippen LogP contribution in [0.1, 0.15) is 57.6 Å². The van der Waals surface area contributed by atoms with E-state index in [2.05, 4.69) is 0 Å². The molecule has 0 unspecified atom stereocenters. The Balaban J connectivity index is 1.98. The van der Waals surface area contributed by atoms with Gasteiger partial charge in [-0.3, -0.25) is 9.59 Å². The molecule has 1 aromatic carbocycles. The number of Topliss-reactive ketones (excluding diaryl/α,β-unsaturated/α-hetero) is 1. The Bertz CT molecular complexity index is 597. The van der Waals surface area contributed by atoms with Gasteiger partial charge < -0.3 is 4.74 Å². The van der Waals surface area contributed by atoms with E-state index in [4.69, 9.17) is 4.74 Å². The number of hydrogen-bond donors (Lipinski definition) is 0. The van der Waals surface area contributed by atoms with Crippen LogP contribution in [-0.2, 0) is 14.3 Å². The topological polar surface area (TPSA) is 43.4 Å². The molecule has 3 nitrogen and oxygen atoms in total. The van der Waals surface area contributed by atoms with Crippen molar-refractivity contribution in [3.8, 4) is 0 Å². The second-order valence-corrected chi connectivity index (χ2v) is 7.03. The van der Waals surface area contributed by atoms with E-state index in [1.54, 1.807) is 12.1 Å². The minimum atomic E-state index is -0.960. The SMILES string of the molecule is CC1(C)C(=O)C2(CCCCC2)C(=O)O[C@@H]1c1ccc(F)cc1. The summed E-state index contributed by atoms with van der Waals surface area (Å²) in [5.74, 6) is -0.769. The van der Waals surface area contributed by atoms with Gasteiger partial charge in [0.2, 0.25) is 0 Å². The van der Waals surface area contributed by atoms with Gasteiger partial charge in [0.05, 0.1) is 5.41 Å². The Morgan fingerprint density at radius 3 is 2.23 bits per heavy atom. The Morgan fingerprint density at radius 2 is 1.64 bits per heavy atom. The summed E-state index contributed by atoms with van der Waals surface area (Å²) in [4.78, 5) is 25.7. The molecule has 0 N–H and O–H groups in total. The van der Waals surface area contributed by atoms with Gasteiger partial charge in [0, 0.05) is 0 Å². The molecule has 1 aliphatic heterocycles. The molecule has 118 valence electrons. The number of esters is 1. The molecule has 1 spiro atoms. The van der Waals surface area contributed by atoms with E-state index >= 15 is 0 Å². The fraction of sp³-hybridized carbons (Fsp3) is 0.556. The normalized spacial score (nSPS) is 26.8. The van der Waals surface area contributed by atoms with E-state index in [1.165, 1.54) is 12.1 Å². The first-order valence-corrected chi connectivity index (χ1v) is 7.89. The third-order valence-electron chi connectivity index (χ3n) is 5.17. The van der Waals surface area contributed by atoms with Crippen LogP contribution in [0, 0.1) is 16.6 Å². The number of hydrogen-bond acceptors (Lipinski definition) is 3. The summed E-state index contributed by atoms with van der Waals surface area (Å²) < 4.78 is 18.8. The van der Waals surface area contributed by atoms with Gasteiger partial charge in [-0.2, -0.15) is 0 Å². The standard InChI is InChI=1S/C18H21FO3/c1-17(2)14(12-6-8-13(19)9-7-12)22-16(21)18(15(17)20)10-4-3-5-11-18/h6-9,14H,3-5,10-11H2,1-2H3/t14-/m1/s1. The molecule has 1 saturated carbocycles. The van der Waals surface area contributed by atoms with Crippen molar-refractivity contribution in [1.29, 1.82) is 0 Å². The summed E-state index contributed by atoms with van der Waals surface area (Å²) in [6.07, 6.45) is 3.36. The molecule has 1 heterocycles. The zero-order chi connectivity index (χ0) is 16.0. The van der Waals surface area contributed by atoms with Gasteiger partial charge in [-0.25, -0.2) is 4.39 Å². The van der Waals surface area contributed by atoms with E-state index in [9.17, 15) is 14.0 Å². The lowest BCUT2D eigenvalue weighted by molar-refractivity contribution is -0.192. The van der Waals surface area contributed by atoms with Crippen molar-refractivity contribution in [3.05, 3.63) is 35.6 Å². The summed E-state index contributed by atoms with van der Waals surface area (Å²) in [6, 6.07) is 5.83. The van der Waals surface area contributed by atoms with Gasteiger partial charge in [-0.15, -0.1) is 0 Å². The highest BCUT2D eigenvalue weighted by atomic mass is 19.1. The van der Waals surface area contributed by atoms with Crippen LogP contribution in [0.15, 0.2) is 24.3 Å². The lowest BCUT2D eigenvalue weighted by Crippen LogP contribution is -2.55. The molecule has 1 aliphatic carbocycles.